The second kappa shape index (κ2) is 7.41. The normalized spacial score (nSPS) is 11.5. The van der Waals surface area contributed by atoms with Crippen molar-refractivity contribution in [1.29, 1.82) is 5.26 Å². The highest BCUT2D eigenvalue weighted by molar-refractivity contribution is 8.02. The van der Waals surface area contributed by atoms with Crippen LogP contribution < -0.4 is 5.32 Å². The van der Waals surface area contributed by atoms with Gasteiger partial charge in [0.05, 0.1) is 22.0 Å². The quantitative estimate of drug-likeness (QED) is 0.467. The summed E-state index contributed by atoms with van der Waals surface area (Å²) < 4.78 is 5.05. The monoisotopic (exact) mass is 352 g/mol. The van der Waals surface area contributed by atoms with Crippen LogP contribution in [0.3, 0.4) is 0 Å². The van der Waals surface area contributed by atoms with Gasteiger partial charge in [-0.3, -0.25) is 4.79 Å². The van der Waals surface area contributed by atoms with Crippen molar-refractivity contribution in [2.75, 3.05) is 11.6 Å². The van der Waals surface area contributed by atoms with Crippen LogP contribution in [0.4, 0.5) is 5.69 Å². The summed E-state index contributed by atoms with van der Waals surface area (Å²) in [6, 6.07) is 9.89. The Hall–Kier alpha value is -1.87. The lowest BCUT2D eigenvalue weighted by molar-refractivity contribution is 0.101. The summed E-state index contributed by atoms with van der Waals surface area (Å²) in [7, 11) is 0. The van der Waals surface area contributed by atoms with Gasteiger partial charge in [-0.25, -0.2) is 0 Å². The van der Waals surface area contributed by atoms with Crippen LogP contribution in [0.25, 0.3) is 0 Å². The van der Waals surface area contributed by atoms with Gasteiger partial charge in [-0.1, -0.05) is 23.2 Å². The van der Waals surface area contributed by atoms with Gasteiger partial charge in [-0.2, -0.15) is 5.26 Å². The molecule has 112 valence electrons. The molecule has 0 saturated heterocycles. The van der Waals surface area contributed by atoms with Crippen LogP contribution in [0.5, 0.6) is 0 Å². The van der Waals surface area contributed by atoms with Crippen molar-refractivity contribution in [2.24, 2.45) is 0 Å². The number of nitrogens with zero attached hydrogens (tertiary/aromatic N) is 1. The molecule has 0 atom stereocenters. The molecule has 0 spiro atoms. The first-order valence-electron chi connectivity index (χ1n) is 6.05. The number of hydrogen-bond donors (Lipinski definition) is 1. The third-order valence-electron chi connectivity index (χ3n) is 2.69. The molecule has 1 N–H and O–H groups in total. The molecule has 7 heteroatoms. The first-order chi connectivity index (χ1) is 10.6. The van der Waals surface area contributed by atoms with Crippen molar-refractivity contribution in [3.8, 4) is 6.07 Å². The topological polar surface area (TPSA) is 66.0 Å². The molecule has 1 heterocycles. The van der Waals surface area contributed by atoms with Gasteiger partial charge in [0.25, 0.3) is 0 Å². The summed E-state index contributed by atoms with van der Waals surface area (Å²) in [5.74, 6) is -0.399. The number of nitrogens with one attached hydrogen (secondary N) is 1. The molecule has 0 saturated carbocycles. The zero-order valence-corrected chi connectivity index (χ0v) is 13.7. The van der Waals surface area contributed by atoms with Crippen molar-refractivity contribution in [1.82, 2.24) is 0 Å². The van der Waals surface area contributed by atoms with Gasteiger partial charge in [0, 0.05) is 5.02 Å². The number of benzene rings is 1. The summed E-state index contributed by atoms with van der Waals surface area (Å²) in [6.45, 7) is 0. The number of rotatable bonds is 5. The number of nitriles is 1. The SMILES string of the molecule is CSC(Nc1cc(Cl)ccc1Cl)=C(C#N)C(=O)c1ccco1. The molecule has 0 aliphatic carbocycles. The number of carbonyl (C=O) groups excluding carboxylic acids is 1. The first kappa shape index (κ1) is 16.5. The Bertz CT molecular complexity index is 764. The fraction of sp³-hybridized carbons (Fsp3) is 0.0667. The Labute approximate surface area is 141 Å². The van der Waals surface area contributed by atoms with Gasteiger partial charge in [0.1, 0.15) is 11.6 Å². The third-order valence-corrected chi connectivity index (χ3v) is 3.97. The van der Waals surface area contributed by atoms with Gasteiger partial charge >= 0.3 is 0 Å². The summed E-state index contributed by atoms with van der Waals surface area (Å²) in [5, 5.41) is 13.6. The van der Waals surface area contributed by atoms with Crippen molar-refractivity contribution >= 4 is 46.4 Å². The Morgan fingerprint density at radius 2 is 2.14 bits per heavy atom. The second-order valence-electron chi connectivity index (χ2n) is 4.08. The number of anilines is 1. The zero-order valence-electron chi connectivity index (χ0n) is 11.4. The minimum atomic E-state index is -0.498. The van der Waals surface area contributed by atoms with Crippen LogP contribution in [0, 0.1) is 11.3 Å². The molecule has 0 fully saturated rings. The number of halogens is 2. The van der Waals surface area contributed by atoms with E-state index < -0.39 is 5.78 Å². The van der Waals surface area contributed by atoms with Crippen LogP contribution in [0.2, 0.25) is 10.0 Å². The molecule has 1 aromatic heterocycles. The lowest BCUT2D eigenvalue weighted by Crippen LogP contribution is -2.08. The maximum absolute atomic E-state index is 12.3. The molecule has 1 aromatic carbocycles. The molecular weight excluding hydrogens is 343 g/mol. The molecule has 0 bridgehead atoms. The van der Waals surface area contributed by atoms with Gasteiger partial charge in [-0.05, 0) is 36.6 Å². The average Bonchev–Trinajstić information content (AvgIpc) is 3.04. The number of ketones is 1. The van der Waals surface area contributed by atoms with Gasteiger partial charge < -0.3 is 9.73 Å². The standard InChI is InChI=1S/C15H10Cl2N2O2S/c1-22-15(19-12-7-9(16)4-5-11(12)17)10(8-18)14(20)13-3-2-6-21-13/h2-7,19H,1H3. The average molecular weight is 353 g/mol. The van der Waals surface area contributed by atoms with Crippen LogP contribution in [0.1, 0.15) is 10.6 Å². The molecule has 4 nitrogen and oxygen atoms in total. The lowest BCUT2D eigenvalue weighted by Gasteiger charge is -2.12. The van der Waals surface area contributed by atoms with Crippen LogP contribution in [-0.4, -0.2) is 12.0 Å². The second-order valence-corrected chi connectivity index (χ2v) is 5.74. The minimum absolute atomic E-state index is 0.0570. The number of allylic oxidation sites excluding steroid dienone is 1. The summed E-state index contributed by atoms with van der Waals surface area (Å²) >= 11 is 13.2. The maximum Gasteiger partial charge on any atom is 0.241 e. The molecule has 2 aromatic rings. The van der Waals surface area contributed by atoms with E-state index in [1.165, 1.54) is 24.1 Å². The van der Waals surface area contributed by atoms with E-state index in [0.717, 1.165) is 0 Å². The summed E-state index contributed by atoms with van der Waals surface area (Å²) in [5.41, 5.74) is 0.456. The summed E-state index contributed by atoms with van der Waals surface area (Å²) in [4.78, 5) is 12.3. The maximum atomic E-state index is 12.3. The number of Topliss-reactive ketones (excluding diaryl/α,β-unsaturated/α-hetero) is 1. The number of hydrogen-bond acceptors (Lipinski definition) is 5. The van der Waals surface area contributed by atoms with Crippen molar-refractivity contribution in [3.05, 3.63) is 63.0 Å². The predicted octanol–water partition coefficient (Wildman–Crippen LogP) is 4.98. The Kier molecular flexibility index (Phi) is 5.56. The molecule has 0 aliphatic heterocycles. The number of carbonyl (C=O) groups is 1. The molecule has 0 aliphatic rings. The smallest absolute Gasteiger partial charge is 0.241 e. The lowest BCUT2D eigenvalue weighted by atomic mass is 10.1. The van der Waals surface area contributed by atoms with E-state index in [4.69, 9.17) is 27.6 Å². The highest BCUT2D eigenvalue weighted by atomic mass is 35.5. The van der Waals surface area contributed by atoms with Crippen molar-refractivity contribution < 1.29 is 9.21 Å². The highest BCUT2D eigenvalue weighted by Gasteiger charge is 2.20. The Balaban J connectivity index is 2.41. The number of thioether (sulfide) groups is 1. The predicted molar refractivity (Wildman–Crippen MR) is 89.3 cm³/mol. The molecule has 0 amide bonds. The third kappa shape index (κ3) is 3.66. The van der Waals surface area contributed by atoms with E-state index in [2.05, 4.69) is 5.32 Å². The first-order valence-corrected chi connectivity index (χ1v) is 8.03. The largest absolute Gasteiger partial charge is 0.461 e. The van der Waals surface area contributed by atoms with Crippen molar-refractivity contribution in [2.45, 2.75) is 0 Å². The van der Waals surface area contributed by atoms with E-state index in [1.54, 1.807) is 30.5 Å². The van der Waals surface area contributed by atoms with E-state index in [-0.39, 0.29) is 11.3 Å². The minimum Gasteiger partial charge on any atom is -0.461 e. The zero-order chi connectivity index (χ0) is 16.1. The van der Waals surface area contributed by atoms with E-state index >= 15 is 0 Å². The van der Waals surface area contributed by atoms with Crippen LogP contribution in [0.15, 0.2) is 51.6 Å². The summed E-state index contributed by atoms with van der Waals surface area (Å²) in [6.07, 6.45) is 3.12. The van der Waals surface area contributed by atoms with E-state index in [9.17, 15) is 10.1 Å². The molecule has 0 radical (unpaired) electrons. The van der Waals surface area contributed by atoms with Crippen LogP contribution in [-0.2, 0) is 0 Å². The number of furan rings is 1. The van der Waals surface area contributed by atoms with E-state index in [0.29, 0.717) is 20.8 Å². The molecular formula is C15H10Cl2N2O2S. The van der Waals surface area contributed by atoms with Gasteiger partial charge in [0.15, 0.2) is 5.76 Å². The Morgan fingerprint density at radius 1 is 1.36 bits per heavy atom. The highest BCUT2D eigenvalue weighted by Crippen LogP contribution is 2.30. The molecule has 2 rings (SSSR count). The van der Waals surface area contributed by atoms with Gasteiger partial charge in [-0.15, -0.1) is 11.8 Å². The fourth-order valence-corrected chi connectivity index (χ4v) is 2.56. The molecule has 0 unspecified atom stereocenters. The van der Waals surface area contributed by atoms with Crippen molar-refractivity contribution in [3.63, 3.8) is 0 Å². The Morgan fingerprint density at radius 3 is 2.73 bits per heavy atom. The van der Waals surface area contributed by atoms with Gasteiger partial charge in [0.2, 0.25) is 5.78 Å². The fourth-order valence-electron chi connectivity index (χ4n) is 1.67. The van der Waals surface area contributed by atoms with Crippen LogP contribution >= 0.6 is 35.0 Å². The molecule has 22 heavy (non-hydrogen) atoms. The van der Waals surface area contributed by atoms with E-state index in [1.807, 2.05) is 6.07 Å².